The number of para-hydroxylation sites is 1. The highest BCUT2D eigenvalue weighted by molar-refractivity contribution is 7.09. The highest BCUT2D eigenvalue weighted by atomic mass is 32.1. The summed E-state index contributed by atoms with van der Waals surface area (Å²) in [6, 6.07) is 14.4. The lowest BCUT2D eigenvalue weighted by Crippen LogP contribution is -2.39. The zero-order valence-electron chi connectivity index (χ0n) is 15.8. The summed E-state index contributed by atoms with van der Waals surface area (Å²) in [4.78, 5) is 6.10. The van der Waals surface area contributed by atoms with E-state index in [1.54, 1.807) is 6.33 Å². The van der Waals surface area contributed by atoms with E-state index in [0.29, 0.717) is 12.5 Å². The zero-order chi connectivity index (χ0) is 18.9. The van der Waals surface area contributed by atoms with Crippen LogP contribution < -0.4 is 10.6 Å². The lowest BCUT2D eigenvalue weighted by Gasteiger charge is -2.15. The second-order valence-electron chi connectivity index (χ2n) is 6.42. The summed E-state index contributed by atoms with van der Waals surface area (Å²) in [5.74, 6) is 2.14. The number of rotatable bonds is 8. The standard InChI is InChI=1S/C20H26N6S/c1-3-21-20(22-13-16(2)12-18-10-7-11-27-18)23-14-19-25-24-15-26(19)17-8-5-4-6-9-17/h4-11,15-16H,3,12-14H2,1-2H3,(H2,21,22,23). The van der Waals surface area contributed by atoms with Gasteiger partial charge in [-0.3, -0.25) is 4.57 Å². The van der Waals surface area contributed by atoms with Crippen LogP contribution >= 0.6 is 11.3 Å². The second kappa shape index (κ2) is 9.87. The third kappa shape index (κ3) is 5.65. The molecule has 27 heavy (non-hydrogen) atoms. The van der Waals surface area contributed by atoms with E-state index in [4.69, 9.17) is 0 Å². The van der Waals surface area contributed by atoms with Crippen molar-refractivity contribution in [3.8, 4) is 5.69 Å². The van der Waals surface area contributed by atoms with Gasteiger partial charge in [-0.05, 0) is 42.8 Å². The van der Waals surface area contributed by atoms with Crippen LogP contribution in [0.25, 0.3) is 5.69 Å². The molecular formula is C20H26N6S. The fourth-order valence-corrected chi connectivity index (χ4v) is 3.65. The van der Waals surface area contributed by atoms with Gasteiger partial charge in [0.15, 0.2) is 11.8 Å². The first-order valence-electron chi connectivity index (χ1n) is 9.25. The maximum absolute atomic E-state index is 4.68. The van der Waals surface area contributed by atoms with Gasteiger partial charge in [0, 0.05) is 23.7 Å². The molecule has 0 radical (unpaired) electrons. The van der Waals surface area contributed by atoms with Crippen molar-refractivity contribution in [1.82, 2.24) is 25.4 Å². The van der Waals surface area contributed by atoms with Gasteiger partial charge in [0.25, 0.3) is 0 Å². The van der Waals surface area contributed by atoms with Gasteiger partial charge >= 0.3 is 0 Å². The first kappa shape index (κ1) is 19.1. The fraction of sp³-hybridized carbons (Fsp3) is 0.350. The number of thiophene rings is 1. The first-order chi connectivity index (χ1) is 13.3. The number of guanidine groups is 1. The molecule has 0 saturated heterocycles. The van der Waals surface area contributed by atoms with Crippen LogP contribution in [0.5, 0.6) is 0 Å². The number of hydrogen-bond acceptors (Lipinski definition) is 4. The molecule has 6 nitrogen and oxygen atoms in total. The third-order valence-corrected chi connectivity index (χ3v) is 5.02. The summed E-state index contributed by atoms with van der Waals surface area (Å²) in [5.41, 5.74) is 1.04. The van der Waals surface area contributed by atoms with E-state index in [2.05, 4.69) is 57.2 Å². The molecule has 3 aromatic rings. The van der Waals surface area contributed by atoms with Gasteiger partial charge in [-0.1, -0.05) is 31.2 Å². The molecule has 0 aliphatic carbocycles. The Morgan fingerprint density at radius 2 is 2.04 bits per heavy atom. The molecule has 0 fully saturated rings. The number of hydrogen-bond donors (Lipinski definition) is 2. The summed E-state index contributed by atoms with van der Waals surface area (Å²) < 4.78 is 1.96. The Kier molecular flexibility index (Phi) is 6.98. The summed E-state index contributed by atoms with van der Waals surface area (Å²) in [7, 11) is 0. The number of nitrogens with zero attached hydrogens (tertiary/aromatic N) is 4. The van der Waals surface area contributed by atoms with Gasteiger partial charge < -0.3 is 10.6 Å². The summed E-state index contributed by atoms with van der Waals surface area (Å²) >= 11 is 1.81. The van der Waals surface area contributed by atoms with Crippen molar-refractivity contribution in [1.29, 1.82) is 0 Å². The van der Waals surface area contributed by atoms with Crippen LogP contribution in [-0.4, -0.2) is 33.8 Å². The van der Waals surface area contributed by atoms with E-state index in [-0.39, 0.29) is 0 Å². The van der Waals surface area contributed by atoms with Crippen LogP contribution in [0.4, 0.5) is 0 Å². The minimum Gasteiger partial charge on any atom is -0.357 e. The number of benzene rings is 1. The molecule has 0 saturated carbocycles. The van der Waals surface area contributed by atoms with Crippen molar-refractivity contribution < 1.29 is 0 Å². The van der Waals surface area contributed by atoms with E-state index >= 15 is 0 Å². The predicted octanol–water partition coefficient (Wildman–Crippen LogP) is 3.26. The molecular weight excluding hydrogens is 356 g/mol. The quantitative estimate of drug-likeness (QED) is 0.463. The van der Waals surface area contributed by atoms with Crippen LogP contribution in [0.3, 0.4) is 0 Å². The maximum atomic E-state index is 4.68. The Labute approximate surface area is 164 Å². The Morgan fingerprint density at radius 3 is 2.78 bits per heavy atom. The molecule has 0 bridgehead atoms. The summed E-state index contributed by atoms with van der Waals surface area (Å²) in [6.07, 6.45) is 2.80. The molecule has 0 aliphatic heterocycles. The highest BCUT2D eigenvalue weighted by Crippen LogP contribution is 2.14. The first-order valence-corrected chi connectivity index (χ1v) is 10.1. The number of aliphatic imine (C=N–C) groups is 1. The molecule has 1 aromatic carbocycles. The number of nitrogens with one attached hydrogen (secondary N) is 2. The molecule has 2 heterocycles. The van der Waals surface area contributed by atoms with Crippen LogP contribution in [0.2, 0.25) is 0 Å². The lowest BCUT2D eigenvalue weighted by molar-refractivity contribution is 0.562. The molecule has 7 heteroatoms. The molecule has 1 unspecified atom stereocenters. The van der Waals surface area contributed by atoms with E-state index < -0.39 is 0 Å². The fourth-order valence-electron chi connectivity index (χ4n) is 2.78. The largest absolute Gasteiger partial charge is 0.357 e. The second-order valence-corrected chi connectivity index (χ2v) is 7.45. The van der Waals surface area contributed by atoms with E-state index in [0.717, 1.165) is 37.0 Å². The van der Waals surface area contributed by atoms with Crippen LogP contribution in [0.15, 0.2) is 59.2 Å². The minimum atomic E-state index is 0.462. The van der Waals surface area contributed by atoms with Gasteiger partial charge in [0.2, 0.25) is 0 Å². The Hall–Kier alpha value is -2.67. The van der Waals surface area contributed by atoms with Gasteiger partial charge in [-0.2, -0.15) is 0 Å². The van der Waals surface area contributed by atoms with E-state index in [9.17, 15) is 0 Å². The Bertz CT molecular complexity index is 825. The SMILES string of the molecule is CCNC(=NCc1nncn1-c1ccccc1)NCC(C)Cc1cccs1. The Morgan fingerprint density at radius 1 is 1.19 bits per heavy atom. The van der Waals surface area contributed by atoms with Crippen LogP contribution in [-0.2, 0) is 13.0 Å². The van der Waals surface area contributed by atoms with Gasteiger partial charge in [0.05, 0.1) is 0 Å². The third-order valence-electron chi connectivity index (χ3n) is 4.12. The average Bonchev–Trinajstić information content (AvgIpc) is 3.36. The van der Waals surface area contributed by atoms with Gasteiger partial charge in [-0.25, -0.2) is 4.99 Å². The monoisotopic (exact) mass is 382 g/mol. The van der Waals surface area contributed by atoms with Crippen molar-refractivity contribution in [2.75, 3.05) is 13.1 Å². The summed E-state index contributed by atoms with van der Waals surface area (Å²) in [6.45, 7) is 6.47. The number of aromatic nitrogens is 3. The van der Waals surface area contributed by atoms with Crippen molar-refractivity contribution in [3.05, 3.63) is 64.9 Å². The summed E-state index contributed by atoms with van der Waals surface area (Å²) in [5, 5.41) is 17.1. The van der Waals surface area contributed by atoms with Gasteiger partial charge in [0.1, 0.15) is 12.9 Å². The Balaban J connectivity index is 1.60. The van der Waals surface area contributed by atoms with Crippen molar-refractivity contribution in [2.24, 2.45) is 10.9 Å². The zero-order valence-corrected chi connectivity index (χ0v) is 16.6. The van der Waals surface area contributed by atoms with E-state index in [1.807, 2.05) is 46.2 Å². The molecule has 2 aromatic heterocycles. The van der Waals surface area contributed by atoms with Crippen molar-refractivity contribution in [2.45, 2.75) is 26.8 Å². The maximum Gasteiger partial charge on any atom is 0.191 e. The van der Waals surface area contributed by atoms with Crippen LogP contribution in [0, 0.1) is 5.92 Å². The molecule has 1 atom stereocenters. The normalized spacial score (nSPS) is 12.7. The van der Waals surface area contributed by atoms with Gasteiger partial charge in [-0.15, -0.1) is 21.5 Å². The topological polar surface area (TPSA) is 67.1 Å². The van der Waals surface area contributed by atoms with Crippen molar-refractivity contribution >= 4 is 17.3 Å². The molecule has 2 N–H and O–H groups in total. The average molecular weight is 383 g/mol. The lowest BCUT2D eigenvalue weighted by atomic mass is 10.1. The molecule has 0 spiro atoms. The van der Waals surface area contributed by atoms with E-state index in [1.165, 1.54) is 4.88 Å². The predicted molar refractivity (Wildman–Crippen MR) is 111 cm³/mol. The highest BCUT2D eigenvalue weighted by Gasteiger charge is 2.08. The smallest absolute Gasteiger partial charge is 0.191 e. The molecule has 3 rings (SSSR count). The molecule has 0 amide bonds. The molecule has 0 aliphatic rings. The van der Waals surface area contributed by atoms with Crippen molar-refractivity contribution in [3.63, 3.8) is 0 Å². The molecule has 142 valence electrons. The van der Waals surface area contributed by atoms with Crippen LogP contribution in [0.1, 0.15) is 24.5 Å². The minimum absolute atomic E-state index is 0.462.